The van der Waals surface area contributed by atoms with Crippen molar-refractivity contribution in [3.05, 3.63) is 0 Å². The van der Waals surface area contributed by atoms with E-state index in [0.717, 1.165) is 7.11 Å². The number of nitrogens with zero attached hydrogens (tertiary/aromatic N) is 2. The molecule has 2 aliphatic rings. The van der Waals surface area contributed by atoms with Gasteiger partial charge in [0.15, 0.2) is 0 Å². The van der Waals surface area contributed by atoms with Gasteiger partial charge in [0, 0.05) is 6.54 Å². The highest BCUT2D eigenvalue weighted by Crippen LogP contribution is 2.28. The fraction of sp³-hybridized carbons (Fsp3) is 0.727. The maximum atomic E-state index is 11.8. The van der Waals surface area contributed by atoms with E-state index in [2.05, 4.69) is 9.46 Å². The molecule has 3 N–H and O–H groups in total. The van der Waals surface area contributed by atoms with Gasteiger partial charge in [-0.15, -0.1) is 0 Å². The van der Waals surface area contributed by atoms with Crippen molar-refractivity contribution in [2.45, 2.75) is 31.3 Å². The molecule has 10 nitrogen and oxygen atoms in total. The third-order valence-electron chi connectivity index (χ3n) is 3.75. The number of esters is 1. The SMILES string of the molecule is COC(=O)CCS(=O)(=O)NC(=N)[C@@H]1CC[C@@H]2CN1C(=O)N2O. The molecule has 2 aliphatic heterocycles. The summed E-state index contributed by atoms with van der Waals surface area (Å²) in [6.07, 6.45) is 0.542. The van der Waals surface area contributed by atoms with Crippen LogP contribution in [0.1, 0.15) is 19.3 Å². The van der Waals surface area contributed by atoms with Crippen LogP contribution in [0.3, 0.4) is 0 Å². The van der Waals surface area contributed by atoms with Crippen LogP contribution in [-0.4, -0.2) is 72.9 Å². The van der Waals surface area contributed by atoms with Gasteiger partial charge in [-0.1, -0.05) is 0 Å². The van der Waals surface area contributed by atoms with Gasteiger partial charge in [0.2, 0.25) is 10.0 Å². The van der Waals surface area contributed by atoms with Crippen LogP contribution in [0.15, 0.2) is 0 Å². The van der Waals surface area contributed by atoms with Crippen molar-refractivity contribution in [3.8, 4) is 0 Å². The summed E-state index contributed by atoms with van der Waals surface area (Å²) >= 11 is 0. The summed E-state index contributed by atoms with van der Waals surface area (Å²) < 4.78 is 30.1. The van der Waals surface area contributed by atoms with E-state index >= 15 is 0 Å². The first-order valence-corrected chi connectivity index (χ1v) is 8.35. The molecule has 0 spiro atoms. The third kappa shape index (κ3) is 3.30. The number of amides is 2. The number of hydrogen-bond acceptors (Lipinski definition) is 7. The second-order valence-electron chi connectivity index (χ2n) is 5.19. The highest BCUT2D eigenvalue weighted by molar-refractivity contribution is 7.90. The largest absolute Gasteiger partial charge is 0.469 e. The minimum atomic E-state index is -3.87. The van der Waals surface area contributed by atoms with Crippen molar-refractivity contribution in [3.63, 3.8) is 0 Å². The van der Waals surface area contributed by atoms with Crippen LogP contribution in [0, 0.1) is 5.41 Å². The average Bonchev–Trinajstić information content (AvgIpc) is 2.69. The molecule has 0 saturated carbocycles. The van der Waals surface area contributed by atoms with Crippen LogP contribution < -0.4 is 4.72 Å². The highest BCUT2D eigenvalue weighted by atomic mass is 32.2. The van der Waals surface area contributed by atoms with Crippen molar-refractivity contribution in [1.82, 2.24) is 14.7 Å². The Morgan fingerprint density at radius 1 is 1.50 bits per heavy atom. The van der Waals surface area contributed by atoms with E-state index < -0.39 is 33.8 Å². The number of piperidine rings is 1. The van der Waals surface area contributed by atoms with Gasteiger partial charge in [0.05, 0.1) is 31.4 Å². The Morgan fingerprint density at radius 3 is 2.82 bits per heavy atom. The van der Waals surface area contributed by atoms with Crippen molar-refractivity contribution in [2.24, 2.45) is 0 Å². The summed E-state index contributed by atoms with van der Waals surface area (Å²) in [7, 11) is -2.72. The maximum Gasteiger partial charge on any atom is 0.344 e. The summed E-state index contributed by atoms with van der Waals surface area (Å²) in [5.41, 5.74) is 0. The van der Waals surface area contributed by atoms with Gasteiger partial charge in [0.1, 0.15) is 5.84 Å². The lowest BCUT2D eigenvalue weighted by molar-refractivity contribution is -0.140. The first-order valence-electron chi connectivity index (χ1n) is 6.69. The second kappa shape index (κ2) is 6.08. The maximum absolute atomic E-state index is 11.8. The number of urea groups is 1. The monoisotopic (exact) mass is 334 g/mol. The molecule has 2 saturated heterocycles. The summed E-state index contributed by atoms with van der Waals surface area (Å²) in [5.74, 6) is -1.51. The lowest BCUT2D eigenvalue weighted by Crippen LogP contribution is -2.51. The zero-order chi connectivity index (χ0) is 16.5. The number of sulfonamides is 1. The van der Waals surface area contributed by atoms with E-state index in [1.54, 1.807) is 0 Å². The average molecular weight is 334 g/mol. The molecule has 2 heterocycles. The van der Waals surface area contributed by atoms with Crippen molar-refractivity contribution in [1.29, 1.82) is 5.41 Å². The van der Waals surface area contributed by atoms with Crippen LogP contribution in [0.5, 0.6) is 0 Å². The number of hydroxylamine groups is 2. The zero-order valence-corrected chi connectivity index (χ0v) is 12.8. The minimum Gasteiger partial charge on any atom is -0.469 e. The van der Waals surface area contributed by atoms with Crippen molar-refractivity contribution >= 4 is 27.9 Å². The molecule has 0 aliphatic carbocycles. The van der Waals surface area contributed by atoms with E-state index in [-0.39, 0.29) is 24.8 Å². The number of rotatable bonds is 5. The summed E-state index contributed by atoms with van der Waals surface area (Å²) in [6.45, 7) is 0.256. The molecule has 2 rings (SSSR count). The van der Waals surface area contributed by atoms with Crippen LogP contribution in [-0.2, 0) is 19.6 Å². The fourth-order valence-corrected chi connectivity index (χ4v) is 3.57. The number of nitrogens with one attached hydrogen (secondary N) is 2. The number of amidine groups is 1. The van der Waals surface area contributed by atoms with Crippen LogP contribution in [0.2, 0.25) is 0 Å². The molecule has 0 aromatic carbocycles. The van der Waals surface area contributed by atoms with Crippen molar-refractivity contribution < 1.29 is 28.0 Å². The van der Waals surface area contributed by atoms with E-state index in [4.69, 9.17) is 5.41 Å². The van der Waals surface area contributed by atoms with E-state index in [1.165, 1.54) is 4.90 Å². The lowest BCUT2D eigenvalue weighted by Gasteiger charge is -2.30. The van der Waals surface area contributed by atoms with Gasteiger partial charge in [-0.05, 0) is 12.8 Å². The molecule has 22 heavy (non-hydrogen) atoms. The van der Waals surface area contributed by atoms with E-state index in [1.807, 2.05) is 0 Å². The first-order chi connectivity index (χ1) is 10.2. The molecule has 0 aromatic rings. The minimum absolute atomic E-state index is 0.256. The first kappa shape index (κ1) is 16.5. The summed E-state index contributed by atoms with van der Waals surface area (Å²) in [5, 5.41) is 18.1. The molecular formula is C11H18N4O6S. The summed E-state index contributed by atoms with van der Waals surface area (Å²) in [4.78, 5) is 24.0. The molecule has 0 unspecified atom stereocenters. The lowest BCUT2D eigenvalue weighted by atomic mass is 10.0. The Balaban J connectivity index is 1.97. The predicted molar refractivity (Wildman–Crippen MR) is 73.8 cm³/mol. The Kier molecular flexibility index (Phi) is 4.56. The molecule has 2 bridgehead atoms. The number of hydrogen-bond donors (Lipinski definition) is 3. The smallest absolute Gasteiger partial charge is 0.344 e. The highest BCUT2D eigenvalue weighted by Gasteiger charge is 2.46. The quantitative estimate of drug-likeness (QED) is 0.258. The standard InChI is InChI=1S/C11H18N4O6S/c1-21-9(16)4-5-22(19,20)13-10(12)8-3-2-7-6-14(8)11(17)15(7)18/h7-8,18H,2-6H2,1H3,(H2,12,13)/t7-,8+/m1/s1. The van der Waals surface area contributed by atoms with Gasteiger partial charge < -0.3 is 9.64 Å². The number of methoxy groups -OCH3 is 1. The molecular weight excluding hydrogens is 316 g/mol. The fourth-order valence-electron chi connectivity index (χ4n) is 2.56. The molecule has 0 radical (unpaired) electrons. The van der Waals surface area contributed by atoms with E-state index in [9.17, 15) is 23.2 Å². The number of carbonyl (C=O) groups excluding carboxylic acids is 2. The summed E-state index contributed by atoms with van der Waals surface area (Å²) in [6, 6.07) is -1.67. The van der Waals surface area contributed by atoms with Gasteiger partial charge in [0.25, 0.3) is 0 Å². The van der Waals surface area contributed by atoms with Crippen molar-refractivity contribution in [2.75, 3.05) is 19.4 Å². The third-order valence-corrected chi connectivity index (χ3v) is 5.02. The Morgan fingerprint density at radius 2 is 2.18 bits per heavy atom. The van der Waals surface area contributed by atoms with Gasteiger partial charge in [-0.3, -0.25) is 20.1 Å². The number of carbonyl (C=O) groups is 2. The van der Waals surface area contributed by atoms with Crippen LogP contribution in [0.25, 0.3) is 0 Å². The molecule has 2 atom stereocenters. The topological polar surface area (TPSA) is 140 Å². The molecule has 124 valence electrons. The molecule has 0 aromatic heterocycles. The molecule has 2 amide bonds. The second-order valence-corrected chi connectivity index (χ2v) is 7.03. The number of ether oxygens (including phenoxy) is 1. The predicted octanol–water partition coefficient (Wildman–Crippen LogP) is -0.896. The van der Waals surface area contributed by atoms with Crippen LogP contribution in [0.4, 0.5) is 4.79 Å². The molecule has 2 fully saturated rings. The normalized spacial score (nSPS) is 24.4. The van der Waals surface area contributed by atoms with Gasteiger partial charge >= 0.3 is 12.0 Å². The Bertz CT molecular complexity index is 591. The van der Waals surface area contributed by atoms with Gasteiger partial charge in [-0.25, -0.2) is 18.3 Å². The zero-order valence-electron chi connectivity index (χ0n) is 12.0. The number of fused-ring (bicyclic) bond motifs is 2. The van der Waals surface area contributed by atoms with Gasteiger partial charge in [-0.2, -0.15) is 0 Å². The van der Waals surface area contributed by atoms with Crippen LogP contribution >= 0.6 is 0 Å². The Hall–Kier alpha value is -1.88. The Labute approximate surface area is 127 Å². The van der Waals surface area contributed by atoms with E-state index in [0.29, 0.717) is 17.9 Å². The molecule has 11 heteroatoms.